The van der Waals surface area contributed by atoms with E-state index in [0.29, 0.717) is 5.56 Å². The first-order valence-electron chi connectivity index (χ1n) is 10.5. The lowest BCUT2D eigenvalue weighted by Crippen LogP contribution is -2.37. The highest BCUT2D eigenvalue weighted by molar-refractivity contribution is 6.06. The second-order valence-electron chi connectivity index (χ2n) is 8.61. The standard InChI is InChI=1S/C26H26N2O5/c1-26(2,3)33-25(32)22(13-17-7-5-4-6-8-17)23(29)28-21-15-19(14-20(16-21)24(30)31)18-9-11-27-12-10-18/h4-12,14-16,22H,13H2,1-3H3,(H,28,29)(H,30,31). The number of carbonyl (C=O) groups is 3. The summed E-state index contributed by atoms with van der Waals surface area (Å²) >= 11 is 0. The Hall–Kier alpha value is -4.00. The number of nitrogens with zero attached hydrogens (tertiary/aromatic N) is 1. The molecule has 0 radical (unpaired) electrons. The van der Waals surface area contributed by atoms with Crippen LogP contribution in [0.25, 0.3) is 11.1 Å². The SMILES string of the molecule is CC(C)(C)OC(=O)C(Cc1ccccc1)C(=O)Nc1cc(C(=O)O)cc(-c2ccncc2)c1. The number of hydrogen-bond donors (Lipinski definition) is 2. The van der Waals surface area contributed by atoms with E-state index >= 15 is 0 Å². The van der Waals surface area contributed by atoms with Gasteiger partial charge >= 0.3 is 11.9 Å². The lowest BCUT2D eigenvalue weighted by molar-refractivity contribution is -0.161. The molecule has 0 aliphatic heterocycles. The lowest BCUT2D eigenvalue weighted by Gasteiger charge is -2.24. The summed E-state index contributed by atoms with van der Waals surface area (Å²) in [5.41, 5.74) is 1.68. The van der Waals surface area contributed by atoms with Crippen molar-refractivity contribution in [1.82, 2.24) is 4.98 Å². The zero-order valence-corrected chi connectivity index (χ0v) is 18.7. The number of carbonyl (C=O) groups excluding carboxylic acids is 2. The topological polar surface area (TPSA) is 106 Å². The number of hydrogen-bond acceptors (Lipinski definition) is 5. The number of benzene rings is 2. The molecule has 0 saturated heterocycles. The van der Waals surface area contributed by atoms with Crippen molar-refractivity contribution in [1.29, 1.82) is 0 Å². The molecule has 2 N–H and O–H groups in total. The van der Waals surface area contributed by atoms with Crippen molar-refractivity contribution in [3.05, 3.63) is 84.2 Å². The first kappa shape index (κ1) is 23.7. The highest BCUT2D eigenvalue weighted by atomic mass is 16.6. The van der Waals surface area contributed by atoms with Crippen LogP contribution in [-0.4, -0.2) is 33.5 Å². The molecule has 0 aliphatic carbocycles. The summed E-state index contributed by atoms with van der Waals surface area (Å²) in [6.45, 7) is 5.21. The Morgan fingerprint density at radius 3 is 2.24 bits per heavy atom. The largest absolute Gasteiger partial charge is 0.478 e. The van der Waals surface area contributed by atoms with Gasteiger partial charge in [-0.2, -0.15) is 0 Å². The number of aromatic carboxylic acids is 1. The molecule has 0 saturated carbocycles. The van der Waals surface area contributed by atoms with Crippen LogP contribution < -0.4 is 5.32 Å². The number of rotatable bonds is 7. The molecule has 170 valence electrons. The van der Waals surface area contributed by atoms with Crippen LogP contribution in [0.2, 0.25) is 0 Å². The monoisotopic (exact) mass is 446 g/mol. The molecule has 1 aromatic heterocycles. The van der Waals surface area contributed by atoms with E-state index in [1.807, 2.05) is 30.3 Å². The van der Waals surface area contributed by atoms with Crippen LogP contribution >= 0.6 is 0 Å². The van der Waals surface area contributed by atoms with Gasteiger partial charge in [-0.1, -0.05) is 30.3 Å². The number of anilines is 1. The van der Waals surface area contributed by atoms with Crippen molar-refractivity contribution in [3.8, 4) is 11.1 Å². The zero-order valence-electron chi connectivity index (χ0n) is 18.7. The molecule has 1 amide bonds. The summed E-state index contributed by atoms with van der Waals surface area (Å²) in [7, 11) is 0. The van der Waals surface area contributed by atoms with Crippen molar-refractivity contribution >= 4 is 23.5 Å². The lowest BCUT2D eigenvalue weighted by atomic mass is 9.97. The van der Waals surface area contributed by atoms with Gasteiger partial charge in [0.25, 0.3) is 0 Å². The van der Waals surface area contributed by atoms with Crippen molar-refractivity contribution in [3.63, 3.8) is 0 Å². The van der Waals surface area contributed by atoms with E-state index in [4.69, 9.17) is 4.74 Å². The maximum absolute atomic E-state index is 13.2. The fourth-order valence-electron chi connectivity index (χ4n) is 3.27. The molecule has 0 aliphatic rings. The van der Waals surface area contributed by atoms with Gasteiger partial charge in [-0.05, 0) is 74.2 Å². The van der Waals surface area contributed by atoms with Gasteiger partial charge in [-0.3, -0.25) is 14.6 Å². The van der Waals surface area contributed by atoms with Gasteiger partial charge in [0.05, 0.1) is 5.56 Å². The van der Waals surface area contributed by atoms with E-state index < -0.39 is 29.4 Å². The summed E-state index contributed by atoms with van der Waals surface area (Å²) in [5.74, 6) is -3.46. The second-order valence-corrected chi connectivity index (χ2v) is 8.61. The number of aromatic nitrogens is 1. The molecule has 3 rings (SSSR count). The number of pyridine rings is 1. The summed E-state index contributed by atoms with van der Waals surface area (Å²) in [5, 5.41) is 12.3. The van der Waals surface area contributed by atoms with Crippen LogP contribution in [0.15, 0.2) is 73.1 Å². The van der Waals surface area contributed by atoms with Crippen LogP contribution in [0.3, 0.4) is 0 Å². The average Bonchev–Trinajstić information content (AvgIpc) is 2.77. The highest BCUT2D eigenvalue weighted by Gasteiger charge is 2.31. The highest BCUT2D eigenvalue weighted by Crippen LogP contribution is 2.26. The fourth-order valence-corrected chi connectivity index (χ4v) is 3.27. The third-order valence-electron chi connectivity index (χ3n) is 4.75. The minimum Gasteiger partial charge on any atom is -0.478 e. The Bertz CT molecular complexity index is 1140. The number of nitrogens with one attached hydrogen (secondary N) is 1. The quantitative estimate of drug-likeness (QED) is 0.406. The minimum absolute atomic E-state index is 0.0106. The number of carboxylic acid groups (broad SMARTS) is 1. The molecule has 3 aromatic rings. The summed E-state index contributed by atoms with van der Waals surface area (Å²) in [6, 6.07) is 17.2. The molecule has 1 unspecified atom stereocenters. The van der Waals surface area contributed by atoms with E-state index in [1.54, 1.807) is 51.4 Å². The number of ether oxygens (including phenoxy) is 1. The van der Waals surface area contributed by atoms with Crippen molar-refractivity contribution in [2.24, 2.45) is 5.92 Å². The molecule has 1 heterocycles. The van der Waals surface area contributed by atoms with Gasteiger partial charge in [0.1, 0.15) is 11.5 Å². The third-order valence-corrected chi connectivity index (χ3v) is 4.75. The van der Waals surface area contributed by atoms with E-state index in [1.165, 1.54) is 12.1 Å². The van der Waals surface area contributed by atoms with Crippen molar-refractivity contribution < 1.29 is 24.2 Å². The van der Waals surface area contributed by atoms with Crippen LogP contribution in [0.5, 0.6) is 0 Å². The second kappa shape index (κ2) is 10.1. The van der Waals surface area contributed by atoms with Gasteiger partial charge in [0.15, 0.2) is 0 Å². The molecule has 7 heteroatoms. The van der Waals surface area contributed by atoms with Gasteiger partial charge in [0.2, 0.25) is 5.91 Å². The minimum atomic E-state index is -1.13. The number of carboxylic acids is 1. The van der Waals surface area contributed by atoms with E-state index in [-0.39, 0.29) is 17.7 Å². The molecule has 2 aromatic carbocycles. The van der Waals surface area contributed by atoms with Gasteiger partial charge in [-0.15, -0.1) is 0 Å². The van der Waals surface area contributed by atoms with Gasteiger partial charge in [0, 0.05) is 18.1 Å². The van der Waals surface area contributed by atoms with Gasteiger partial charge in [-0.25, -0.2) is 4.79 Å². The van der Waals surface area contributed by atoms with Crippen molar-refractivity contribution in [2.45, 2.75) is 32.8 Å². The Morgan fingerprint density at radius 2 is 1.64 bits per heavy atom. The van der Waals surface area contributed by atoms with E-state index in [0.717, 1.165) is 11.1 Å². The maximum Gasteiger partial charge on any atom is 0.335 e. The van der Waals surface area contributed by atoms with Gasteiger partial charge < -0.3 is 15.2 Å². The molecular formula is C26H26N2O5. The zero-order chi connectivity index (χ0) is 24.0. The Morgan fingerprint density at radius 1 is 0.970 bits per heavy atom. The summed E-state index contributed by atoms with van der Waals surface area (Å²) in [6.07, 6.45) is 3.34. The molecule has 0 fully saturated rings. The predicted molar refractivity (Wildman–Crippen MR) is 125 cm³/mol. The summed E-state index contributed by atoms with van der Waals surface area (Å²) < 4.78 is 5.49. The van der Waals surface area contributed by atoms with Crippen molar-refractivity contribution in [2.75, 3.05) is 5.32 Å². The molecule has 33 heavy (non-hydrogen) atoms. The Labute approximate surface area is 192 Å². The van der Waals surface area contributed by atoms with E-state index in [9.17, 15) is 19.5 Å². The van der Waals surface area contributed by atoms with Crippen LogP contribution in [0.4, 0.5) is 5.69 Å². The number of amides is 1. The fraction of sp³-hybridized carbons (Fsp3) is 0.231. The third kappa shape index (κ3) is 6.74. The Kier molecular flexibility index (Phi) is 7.23. The molecule has 0 spiro atoms. The van der Waals surface area contributed by atoms with Crippen LogP contribution in [-0.2, 0) is 20.7 Å². The number of esters is 1. The first-order chi connectivity index (χ1) is 15.6. The Balaban J connectivity index is 1.92. The van der Waals surface area contributed by atoms with E-state index in [2.05, 4.69) is 10.3 Å². The molecule has 1 atom stereocenters. The smallest absolute Gasteiger partial charge is 0.335 e. The predicted octanol–water partition coefficient (Wildman–Crippen LogP) is 4.59. The van der Waals surface area contributed by atoms with Crippen LogP contribution in [0, 0.1) is 5.92 Å². The molecule has 0 bridgehead atoms. The maximum atomic E-state index is 13.2. The first-order valence-corrected chi connectivity index (χ1v) is 10.5. The average molecular weight is 447 g/mol. The summed E-state index contributed by atoms with van der Waals surface area (Å²) in [4.78, 5) is 41.7. The molecule has 7 nitrogen and oxygen atoms in total. The normalized spacial score (nSPS) is 12.0. The van der Waals surface area contributed by atoms with Crippen LogP contribution in [0.1, 0.15) is 36.7 Å². The molecular weight excluding hydrogens is 420 g/mol.